The molecule has 0 aliphatic rings. The third-order valence-electron chi connectivity index (χ3n) is 4.06. The number of nitrogens with zero attached hydrogens (tertiary/aromatic N) is 1. The van der Waals surface area contributed by atoms with Crippen LogP contribution in [0.1, 0.15) is 57.6 Å². The fourth-order valence-electron chi connectivity index (χ4n) is 2.88. The molecule has 0 bridgehead atoms. The highest BCUT2D eigenvalue weighted by Crippen LogP contribution is 2.30. The maximum atomic E-state index is 9.42. The number of nitrogens with two attached hydrogens (primary N) is 1. The molecule has 4 heteroatoms. The maximum absolute atomic E-state index is 9.42. The lowest BCUT2D eigenvalue weighted by molar-refractivity contribution is 0.0694. The van der Waals surface area contributed by atoms with Crippen molar-refractivity contribution in [3.05, 3.63) is 23.7 Å². The van der Waals surface area contributed by atoms with Crippen molar-refractivity contribution in [2.24, 2.45) is 5.73 Å². The van der Waals surface area contributed by atoms with Gasteiger partial charge in [0, 0.05) is 18.6 Å². The fraction of sp³-hybridized carbons (Fsp3) is 0.750. The summed E-state index contributed by atoms with van der Waals surface area (Å²) in [5.41, 5.74) is 6.35. The van der Waals surface area contributed by atoms with E-state index >= 15 is 0 Å². The van der Waals surface area contributed by atoms with Crippen LogP contribution in [0.25, 0.3) is 0 Å². The molecule has 0 saturated carbocycles. The summed E-state index contributed by atoms with van der Waals surface area (Å²) in [5.74, 6) is 1.82. The molecule has 1 heterocycles. The van der Waals surface area contributed by atoms with E-state index in [9.17, 15) is 5.11 Å². The van der Waals surface area contributed by atoms with Crippen LogP contribution in [0.5, 0.6) is 0 Å². The second-order valence-electron chi connectivity index (χ2n) is 5.40. The first-order valence-corrected chi connectivity index (χ1v) is 7.77. The lowest BCUT2D eigenvalue weighted by Gasteiger charge is -2.38. The predicted molar refractivity (Wildman–Crippen MR) is 82.6 cm³/mol. The summed E-state index contributed by atoms with van der Waals surface area (Å²) >= 11 is 0. The number of aliphatic hydroxyl groups is 1. The zero-order chi connectivity index (χ0) is 15.1. The summed E-state index contributed by atoms with van der Waals surface area (Å²) in [6, 6.07) is 4.45. The molecule has 4 nitrogen and oxygen atoms in total. The smallest absolute Gasteiger partial charge is 0.122 e. The van der Waals surface area contributed by atoms with Gasteiger partial charge in [0.1, 0.15) is 11.5 Å². The molecule has 2 atom stereocenters. The Labute approximate surface area is 122 Å². The van der Waals surface area contributed by atoms with Gasteiger partial charge in [-0.3, -0.25) is 4.90 Å². The molecule has 0 spiro atoms. The van der Waals surface area contributed by atoms with Crippen LogP contribution >= 0.6 is 0 Å². The number of furan rings is 1. The maximum Gasteiger partial charge on any atom is 0.122 e. The average molecular weight is 282 g/mol. The highest BCUT2D eigenvalue weighted by atomic mass is 16.3. The summed E-state index contributed by atoms with van der Waals surface area (Å²) in [4.78, 5) is 2.31. The third kappa shape index (κ3) is 4.08. The molecular formula is C16H30N2O2. The molecule has 0 radical (unpaired) electrons. The Morgan fingerprint density at radius 3 is 2.25 bits per heavy atom. The summed E-state index contributed by atoms with van der Waals surface area (Å²) in [6.45, 7) is 9.18. The van der Waals surface area contributed by atoms with Crippen LogP contribution in [0, 0.1) is 6.92 Å². The van der Waals surface area contributed by atoms with Gasteiger partial charge in [-0.15, -0.1) is 0 Å². The van der Waals surface area contributed by atoms with Crippen molar-refractivity contribution in [3.8, 4) is 0 Å². The Morgan fingerprint density at radius 2 is 1.85 bits per heavy atom. The molecule has 0 saturated heterocycles. The Balaban J connectivity index is 3.10. The van der Waals surface area contributed by atoms with E-state index in [-0.39, 0.29) is 18.7 Å². The molecule has 2 unspecified atom stereocenters. The molecule has 0 amide bonds. The van der Waals surface area contributed by atoms with Crippen LogP contribution in [-0.4, -0.2) is 35.2 Å². The van der Waals surface area contributed by atoms with Crippen molar-refractivity contribution in [2.75, 3.05) is 13.2 Å². The summed E-state index contributed by atoms with van der Waals surface area (Å²) in [5, 5.41) is 9.42. The van der Waals surface area contributed by atoms with Crippen LogP contribution in [0.4, 0.5) is 0 Å². The highest BCUT2D eigenvalue weighted by molar-refractivity contribution is 5.12. The molecule has 1 aromatic rings. The minimum atomic E-state index is 0.00713. The van der Waals surface area contributed by atoms with E-state index in [1.54, 1.807) is 0 Å². The standard InChI is InChI=1S/C16H30N2O2/c1-5-13(6-2)18(10-11-19)16(14(17)7-3)15-9-8-12(4)20-15/h8-9,13-14,16,19H,5-7,10-11,17H2,1-4H3. The minimum absolute atomic E-state index is 0.00713. The minimum Gasteiger partial charge on any atom is -0.465 e. The van der Waals surface area contributed by atoms with E-state index in [1.807, 2.05) is 19.1 Å². The molecule has 0 fully saturated rings. The number of hydrogen-bond acceptors (Lipinski definition) is 4. The normalized spacial score (nSPS) is 15.0. The number of aliphatic hydroxyl groups excluding tert-OH is 1. The van der Waals surface area contributed by atoms with E-state index < -0.39 is 0 Å². The lowest BCUT2D eigenvalue weighted by atomic mass is 9.98. The van der Waals surface area contributed by atoms with Crippen molar-refractivity contribution < 1.29 is 9.52 Å². The SMILES string of the molecule is CCC(N)C(c1ccc(C)o1)N(CCO)C(CC)CC. The Morgan fingerprint density at radius 1 is 1.20 bits per heavy atom. The molecule has 1 rings (SSSR count). The summed E-state index contributed by atoms with van der Waals surface area (Å²) < 4.78 is 5.83. The van der Waals surface area contributed by atoms with Crippen LogP contribution in [0.3, 0.4) is 0 Å². The molecule has 20 heavy (non-hydrogen) atoms. The van der Waals surface area contributed by atoms with Crippen molar-refractivity contribution >= 4 is 0 Å². The van der Waals surface area contributed by atoms with Crippen LogP contribution in [0.2, 0.25) is 0 Å². The van der Waals surface area contributed by atoms with Gasteiger partial charge in [0.15, 0.2) is 0 Å². The highest BCUT2D eigenvalue weighted by Gasteiger charge is 2.31. The van der Waals surface area contributed by atoms with Gasteiger partial charge in [-0.2, -0.15) is 0 Å². The van der Waals surface area contributed by atoms with Crippen LogP contribution in [-0.2, 0) is 0 Å². The predicted octanol–water partition coefficient (Wildman–Crippen LogP) is 2.85. The van der Waals surface area contributed by atoms with Gasteiger partial charge in [0.25, 0.3) is 0 Å². The molecule has 3 N–H and O–H groups in total. The van der Waals surface area contributed by atoms with Crippen molar-refractivity contribution in [1.29, 1.82) is 0 Å². The zero-order valence-electron chi connectivity index (χ0n) is 13.3. The van der Waals surface area contributed by atoms with Crippen molar-refractivity contribution in [3.63, 3.8) is 0 Å². The van der Waals surface area contributed by atoms with Crippen LogP contribution < -0.4 is 5.73 Å². The molecule has 0 aliphatic heterocycles. The van der Waals surface area contributed by atoms with Gasteiger partial charge in [-0.1, -0.05) is 20.8 Å². The first-order chi connectivity index (χ1) is 9.58. The second kappa shape index (κ2) is 8.45. The monoisotopic (exact) mass is 282 g/mol. The molecule has 0 aliphatic carbocycles. The Hall–Kier alpha value is -0.840. The number of hydrogen-bond donors (Lipinski definition) is 2. The van der Waals surface area contributed by atoms with Crippen molar-refractivity contribution in [2.45, 2.75) is 65.1 Å². The summed E-state index contributed by atoms with van der Waals surface area (Å²) in [7, 11) is 0. The molecular weight excluding hydrogens is 252 g/mol. The Bertz CT molecular complexity index is 374. The van der Waals surface area contributed by atoms with E-state index in [0.717, 1.165) is 30.8 Å². The fourth-order valence-corrected chi connectivity index (χ4v) is 2.88. The van der Waals surface area contributed by atoms with Crippen molar-refractivity contribution in [1.82, 2.24) is 4.90 Å². The second-order valence-corrected chi connectivity index (χ2v) is 5.40. The van der Waals surface area contributed by atoms with Gasteiger partial charge in [-0.25, -0.2) is 0 Å². The van der Waals surface area contributed by atoms with Gasteiger partial charge >= 0.3 is 0 Å². The molecule has 1 aromatic heterocycles. The van der Waals surface area contributed by atoms with Gasteiger partial charge < -0.3 is 15.3 Å². The summed E-state index contributed by atoms with van der Waals surface area (Å²) in [6.07, 6.45) is 2.97. The molecule has 0 aromatic carbocycles. The van der Waals surface area contributed by atoms with Gasteiger partial charge in [-0.05, 0) is 38.3 Å². The van der Waals surface area contributed by atoms with Crippen LogP contribution in [0.15, 0.2) is 16.5 Å². The first-order valence-electron chi connectivity index (χ1n) is 7.77. The quantitative estimate of drug-likeness (QED) is 0.731. The molecule has 116 valence electrons. The van der Waals surface area contributed by atoms with Gasteiger partial charge in [0.05, 0.1) is 12.6 Å². The van der Waals surface area contributed by atoms with E-state index in [0.29, 0.717) is 12.6 Å². The largest absolute Gasteiger partial charge is 0.465 e. The first kappa shape index (κ1) is 17.2. The van der Waals surface area contributed by atoms with Gasteiger partial charge in [0.2, 0.25) is 0 Å². The lowest BCUT2D eigenvalue weighted by Crippen LogP contribution is -2.47. The van der Waals surface area contributed by atoms with E-state index in [2.05, 4.69) is 25.7 Å². The number of aryl methyl sites for hydroxylation is 1. The third-order valence-corrected chi connectivity index (χ3v) is 4.06. The average Bonchev–Trinajstić information content (AvgIpc) is 2.86. The Kier molecular flexibility index (Phi) is 7.27. The van der Waals surface area contributed by atoms with E-state index in [1.165, 1.54) is 0 Å². The number of rotatable bonds is 9. The zero-order valence-corrected chi connectivity index (χ0v) is 13.3. The van der Waals surface area contributed by atoms with E-state index in [4.69, 9.17) is 10.2 Å². The topological polar surface area (TPSA) is 62.6 Å².